The first-order valence-electron chi connectivity index (χ1n) is 4.99. The summed E-state index contributed by atoms with van der Waals surface area (Å²) >= 11 is 0. The Hall–Kier alpha value is -0.570. The van der Waals surface area contributed by atoms with Crippen LogP contribution in [-0.2, 0) is 9.53 Å². The van der Waals surface area contributed by atoms with Gasteiger partial charge in [-0.05, 0) is 26.2 Å². The predicted molar refractivity (Wildman–Crippen MR) is 55.9 cm³/mol. The second-order valence-electron chi connectivity index (χ2n) is 5.21. The second-order valence-corrected chi connectivity index (χ2v) is 5.21. The molecule has 0 saturated carbocycles. The van der Waals surface area contributed by atoms with E-state index in [4.69, 9.17) is 4.74 Å². The number of carbonyl (C=O) groups is 1. The first-order chi connectivity index (χ1) is 6.14. The lowest BCUT2D eigenvalue weighted by Gasteiger charge is -2.36. The Bertz CT molecular complexity index is 201. The SMILES string of the molecule is CCOC(=O)C(C)(C)C(O)C(C)(C)C. The van der Waals surface area contributed by atoms with Gasteiger partial charge in [-0.3, -0.25) is 4.79 Å². The van der Waals surface area contributed by atoms with E-state index in [1.807, 2.05) is 20.8 Å². The van der Waals surface area contributed by atoms with Crippen LogP contribution in [0.3, 0.4) is 0 Å². The second kappa shape index (κ2) is 4.30. The normalized spacial score (nSPS) is 15.1. The third kappa shape index (κ3) is 2.98. The van der Waals surface area contributed by atoms with Crippen LogP contribution < -0.4 is 0 Å². The fraction of sp³-hybridized carbons (Fsp3) is 0.909. The van der Waals surface area contributed by atoms with Crippen molar-refractivity contribution in [2.75, 3.05) is 6.61 Å². The predicted octanol–water partition coefficient (Wildman–Crippen LogP) is 1.98. The summed E-state index contributed by atoms with van der Waals surface area (Å²) in [6, 6.07) is 0. The van der Waals surface area contributed by atoms with Crippen molar-refractivity contribution in [2.24, 2.45) is 10.8 Å². The molecule has 0 aromatic heterocycles. The molecule has 0 aromatic rings. The number of hydrogen-bond donors (Lipinski definition) is 1. The Morgan fingerprint density at radius 1 is 1.29 bits per heavy atom. The smallest absolute Gasteiger partial charge is 0.314 e. The fourth-order valence-electron chi connectivity index (χ4n) is 1.51. The molecular weight excluding hydrogens is 180 g/mol. The van der Waals surface area contributed by atoms with Crippen LogP contribution in [0.4, 0.5) is 0 Å². The molecule has 0 saturated heterocycles. The average Bonchev–Trinajstić information content (AvgIpc) is 2.01. The molecule has 1 N–H and O–H groups in total. The quantitative estimate of drug-likeness (QED) is 0.712. The largest absolute Gasteiger partial charge is 0.466 e. The van der Waals surface area contributed by atoms with Crippen molar-refractivity contribution in [2.45, 2.75) is 47.6 Å². The van der Waals surface area contributed by atoms with Gasteiger partial charge < -0.3 is 9.84 Å². The molecule has 0 aliphatic heterocycles. The van der Waals surface area contributed by atoms with Crippen molar-refractivity contribution in [3.63, 3.8) is 0 Å². The van der Waals surface area contributed by atoms with Crippen molar-refractivity contribution < 1.29 is 14.6 Å². The van der Waals surface area contributed by atoms with E-state index >= 15 is 0 Å². The number of aliphatic hydroxyl groups is 1. The van der Waals surface area contributed by atoms with Gasteiger partial charge >= 0.3 is 5.97 Å². The van der Waals surface area contributed by atoms with Crippen LogP contribution >= 0.6 is 0 Å². The zero-order valence-corrected chi connectivity index (χ0v) is 10.0. The summed E-state index contributed by atoms with van der Waals surface area (Å²) in [5.41, 5.74) is -1.18. The summed E-state index contributed by atoms with van der Waals surface area (Å²) in [4.78, 5) is 11.6. The Morgan fingerprint density at radius 3 is 2.00 bits per heavy atom. The van der Waals surface area contributed by atoms with Gasteiger partial charge in [0.1, 0.15) is 0 Å². The maximum absolute atomic E-state index is 11.6. The minimum absolute atomic E-state index is 0.323. The monoisotopic (exact) mass is 202 g/mol. The minimum Gasteiger partial charge on any atom is -0.466 e. The van der Waals surface area contributed by atoms with E-state index in [1.54, 1.807) is 20.8 Å². The van der Waals surface area contributed by atoms with E-state index in [9.17, 15) is 9.90 Å². The van der Waals surface area contributed by atoms with Crippen LogP contribution in [0.25, 0.3) is 0 Å². The fourth-order valence-corrected chi connectivity index (χ4v) is 1.51. The molecule has 0 bridgehead atoms. The number of aliphatic hydroxyl groups excluding tert-OH is 1. The lowest BCUT2D eigenvalue weighted by Crippen LogP contribution is -2.45. The van der Waals surface area contributed by atoms with Gasteiger partial charge in [0.2, 0.25) is 0 Å². The molecule has 1 unspecified atom stereocenters. The Morgan fingerprint density at radius 2 is 1.71 bits per heavy atom. The molecule has 84 valence electrons. The van der Waals surface area contributed by atoms with Crippen LogP contribution in [0.1, 0.15) is 41.5 Å². The van der Waals surface area contributed by atoms with Gasteiger partial charge in [0, 0.05) is 0 Å². The topological polar surface area (TPSA) is 46.5 Å². The first kappa shape index (κ1) is 13.4. The highest BCUT2D eigenvalue weighted by molar-refractivity contribution is 5.76. The Labute approximate surface area is 86.5 Å². The molecule has 0 rings (SSSR count). The molecule has 0 fully saturated rings. The highest BCUT2D eigenvalue weighted by atomic mass is 16.5. The summed E-state index contributed by atoms with van der Waals surface area (Å²) in [6.45, 7) is 11.2. The van der Waals surface area contributed by atoms with Crippen LogP contribution in [-0.4, -0.2) is 23.8 Å². The zero-order chi connectivity index (χ0) is 11.6. The van der Waals surface area contributed by atoms with Gasteiger partial charge in [0.05, 0.1) is 18.1 Å². The molecular formula is C11H22O3. The number of hydrogen-bond acceptors (Lipinski definition) is 3. The molecule has 14 heavy (non-hydrogen) atoms. The standard InChI is InChI=1S/C11H22O3/c1-7-14-9(13)11(5,6)8(12)10(2,3)4/h8,12H,7H2,1-6H3. The van der Waals surface area contributed by atoms with Crippen LogP contribution in [0.5, 0.6) is 0 Å². The number of ether oxygens (including phenoxy) is 1. The molecule has 3 nitrogen and oxygen atoms in total. The molecule has 1 atom stereocenters. The van der Waals surface area contributed by atoms with Gasteiger partial charge in [-0.2, -0.15) is 0 Å². The lowest BCUT2D eigenvalue weighted by atomic mass is 9.73. The number of rotatable bonds is 3. The summed E-state index contributed by atoms with van der Waals surface area (Å²) in [5.74, 6) is -0.345. The van der Waals surface area contributed by atoms with Crippen molar-refractivity contribution in [1.29, 1.82) is 0 Å². The van der Waals surface area contributed by atoms with E-state index in [-0.39, 0.29) is 11.4 Å². The van der Waals surface area contributed by atoms with E-state index in [0.717, 1.165) is 0 Å². The van der Waals surface area contributed by atoms with Gasteiger partial charge in [-0.15, -0.1) is 0 Å². The molecule has 0 radical (unpaired) electrons. The molecule has 0 spiro atoms. The van der Waals surface area contributed by atoms with Gasteiger partial charge in [0.15, 0.2) is 0 Å². The van der Waals surface area contributed by atoms with Gasteiger partial charge in [0.25, 0.3) is 0 Å². The highest BCUT2D eigenvalue weighted by Crippen LogP contribution is 2.34. The minimum atomic E-state index is -0.853. The Balaban J connectivity index is 4.69. The molecule has 0 amide bonds. The average molecular weight is 202 g/mol. The van der Waals surface area contributed by atoms with Crippen molar-refractivity contribution in [3.05, 3.63) is 0 Å². The van der Waals surface area contributed by atoms with E-state index in [2.05, 4.69) is 0 Å². The maximum Gasteiger partial charge on any atom is 0.314 e. The molecule has 0 aliphatic carbocycles. The van der Waals surface area contributed by atoms with E-state index < -0.39 is 11.5 Å². The van der Waals surface area contributed by atoms with Crippen LogP contribution in [0, 0.1) is 10.8 Å². The third-order valence-corrected chi connectivity index (χ3v) is 2.31. The Kier molecular flexibility index (Phi) is 4.13. The van der Waals surface area contributed by atoms with Crippen molar-refractivity contribution >= 4 is 5.97 Å². The lowest BCUT2D eigenvalue weighted by molar-refractivity contribution is -0.165. The van der Waals surface area contributed by atoms with Crippen LogP contribution in [0.2, 0.25) is 0 Å². The molecule has 0 aliphatic rings. The third-order valence-electron chi connectivity index (χ3n) is 2.31. The van der Waals surface area contributed by atoms with E-state index in [1.165, 1.54) is 0 Å². The zero-order valence-electron chi connectivity index (χ0n) is 10.0. The summed E-state index contributed by atoms with van der Waals surface area (Å²) in [7, 11) is 0. The van der Waals surface area contributed by atoms with Crippen LogP contribution in [0.15, 0.2) is 0 Å². The number of carbonyl (C=O) groups excluding carboxylic acids is 1. The molecule has 3 heteroatoms. The highest BCUT2D eigenvalue weighted by Gasteiger charge is 2.43. The molecule has 0 heterocycles. The van der Waals surface area contributed by atoms with Gasteiger partial charge in [-0.25, -0.2) is 0 Å². The first-order valence-corrected chi connectivity index (χ1v) is 4.99. The summed E-state index contributed by atoms with van der Waals surface area (Å²) in [6.07, 6.45) is -0.714. The number of esters is 1. The van der Waals surface area contributed by atoms with Gasteiger partial charge in [-0.1, -0.05) is 20.8 Å². The summed E-state index contributed by atoms with van der Waals surface area (Å²) in [5, 5.41) is 10.0. The van der Waals surface area contributed by atoms with Crippen molar-refractivity contribution in [3.8, 4) is 0 Å². The van der Waals surface area contributed by atoms with E-state index in [0.29, 0.717) is 6.61 Å². The molecule has 0 aromatic carbocycles. The summed E-state index contributed by atoms with van der Waals surface area (Å²) < 4.78 is 4.92. The maximum atomic E-state index is 11.6. The van der Waals surface area contributed by atoms with Crippen molar-refractivity contribution in [1.82, 2.24) is 0 Å².